The molecule has 0 aliphatic carbocycles. The summed E-state index contributed by atoms with van der Waals surface area (Å²) in [5.74, 6) is 0.708. The molecule has 2 aromatic heterocycles. The third-order valence-corrected chi connectivity index (χ3v) is 6.07. The van der Waals surface area contributed by atoms with E-state index in [1.54, 1.807) is 11.6 Å². The van der Waals surface area contributed by atoms with Crippen LogP contribution >= 0.6 is 11.6 Å². The predicted molar refractivity (Wildman–Crippen MR) is 133 cm³/mol. The van der Waals surface area contributed by atoms with E-state index in [0.29, 0.717) is 23.0 Å². The smallest absolute Gasteiger partial charge is 0.162 e. The van der Waals surface area contributed by atoms with Gasteiger partial charge in [0.2, 0.25) is 0 Å². The van der Waals surface area contributed by atoms with Gasteiger partial charge in [-0.2, -0.15) is 0 Å². The van der Waals surface area contributed by atoms with Gasteiger partial charge in [0, 0.05) is 33.7 Å². The monoisotopic (exact) mass is 470 g/mol. The molecule has 34 heavy (non-hydrogen) atoms. The van der Waals surface area contributed by atoms with Gasteiger partial charge < -0.3 is 9.30 Å². The number of aromatic nitrogens is 4. The number of rotatable bonds is 7. The summed E-state index contributed by atoms with van der Waals surface area (Å²) in [7, 11) is 0. The molecule has 0 aliphatic heterocycles. The summed E-state index contributed by atoms with van der Waals surface area (Å²) in [6, 6.07) is 23.5. The van der Waals surface area contributed by atoms with Gasteiger partial charge in [0.25, 0.3) is 0 Å². The molecule has 0 amide bonds. The molecule has 0 spiro atoms. The molecule has 5 aromatic rings. The number of hydrogen-bond acceptors (Lipinski definition) is 4. The van der Waals surface area contributed by atoms with Crippen molar-refractivity contribution in [1.29, 1.82) is 0 Å². The van der Waals surface area contributed by atoms with Crippen molar-refractivity contribution < 1.29 is 9.53 Å². The van der Waals surface area contributed by atoms with Crippen molar-refractivity contribution in [3.05, 3.63) is 107 Å². The van der Waals surface area contributed by atoms with E-state index >= 15 is 0 Å². The molecule has 0 radical (unpaired) electrons. The predicted octanol–water partition coefficient (Wildman–Crippen LogP) is 6.01. The highest BCUT2D eigenvalue weighted by atomic mass is 35.5. The fourth-order valence-corrected chi connectivity index (χ4v) is 4.42. The lowest BCUT2D eigenvalue weighted by molar-refractivity contribution is 0.101. The zero-order chi connectivity index (χ0) is 23.7. The van der Waals surface area contributed by atoms with Gasteiger partial charge in [-0.05, 0) is 55.8 Å². The molecule has 0 fully saturated rings. The lowest BCUT2D eigenvalue weighted by Gasteiger charge is -2.09. The van der Waals surface area contributed by atoms with Crippen LogP contribution in [0.1, 0.15) is 34.2 Å². The number of carbonyl (C=O) groups excluding carboxylic acids is 1. The lowest BCUT2D eigenvalue weighted by atomic mass is 10.1. The van der Waals surface area contributed by atoms with Crippen molar-refractivity contribution in [1.82, 2.24) is 19.6 Å². The van der Waals surface area contributed by atoms with Crippen LogP contribution in [0.5, 0.6) is 5.75 Å². The van der Waals surface area contributed by atoms with Crippen LogP contribution in [-0.4, -0.2) is 25.3 Å². The fraction of sp³-hybridized carbons (Fsp3) is 0.148. The third kappa shape index (κ3) is 4.32. The fourth-order valence-electron chi connectivity index (χ4n) is 4.23. The summed E-state index contributed by atoms with van der Waals surface area (Å²) in [6.07, 6.45) is 1.81. The van der Waals surface area contributed by atoms with E-state index in [1.165, 1.54) is 5.56 Å². The molecule has 0 saturated heterocycles. The van der Waals surface area contributed by atoms with Gasteiger partial charge in [0.05, 0.1) is 11.9 Å². The quantitative estimate of drug-likeness (QED) is 0.273. The van der Waals surface area contributed by atoms with E-state index in [0.717, 1.165) is 27.8 Å². The second-order valence-electron chi connectivity index (χ2n) is 8.19. The van der Waals surface area contributed by atoms with Crippen molar-refractivity contribution in [2.75, 3.05) is 0 Å². The minimum Gasteiger partial charge on any atom is -0.487 e. The lowest BCUT2D eigenvalue weighted by Crippen LogP contribution is -2.03. The molecule has 0 bridgehead atoms. The van der Waals surface area contributed by atoms with Gasteiger partial charge in [-0.15, -0.1) is 5.10 Å². The largest absolute Gasteiger partial charge is 0.487 e. The molecule has 3 aromatic carbocycles. The number of halogens is 1. The maximum absolute atomic E-state index is 12.5. The molecular formula is C27H23ClN4O2. The van der Waals surface area contributed by atoms with Crippen LogP contribution in [0.2, 0.25) is 5.02 Å². The number of nitrogens with zero attached hydrogens (tertiary/aromatic N) is 4. The van der Waals surface area contributed by atoms with Crippen molar-refractivity contribution >= 4 is 28.3 Å². The highest BCUT2D eigenvalue weighted by Crippen LogP contribution is 2.31. The molecule has 7 heteroatoms. The second-order valence-corrected chi connectivity index (χ2v) is 8.63. The Kier molecular flexibility index (Phi) is 5.90. The first kappa shape index (κ1) is 21.9. The first-order valence-corrected chi connectivity index (χ1v) is 11.3. The van der Waals surface area contributed by atoms with Gasteiger partial charge >= 0.3 is 0 Å². The standard InChI is InChI=1S/C27H23ClN4O2/c1-18-27(19(2)33)25-14-24(11-12-26(25)31(18)15-20-7-4-3-5-8-20)34-17-22-16-32(30-29-22)23-10-6-9-21(28)13-23/h3-14,16H,15,17H2,1-2H3. The number of carbonyl (C=O) groups is 1. The number of ether oxygens (including phenoxy) is 1. The number of benzene rings is 3. The number of hydrogen-bond donors (Lipinski definition) is 0. The van der Waals surface area contributed by atoms with E-state index in [9.17, 15) is 4.79 Å². The van der Waals surface area contributed by atoms with Gasteiger partial charge in [0.15, 0.2) is 5.78 Å². The molecule has 0 atom stereocenters. The van der Waals surface area contributed by atoms with Crippen molar-refractivity contribution in [3.8, 4) is 11.4 Å². The van der Waals surface area contributed by atoms with Crippen LogP contribution in [0.15, 0.2) is 79.0 Å². The van der Waals surface area contributed by atoms with E-state index in [-0.39, 0.29) is 12.4 Å². The van der Waals surface area contributed by atoms with Crippen LogP contribution in [0.3, 0.4) is 0 Å². The first-order chi connectivity index (χ1) is 16.5. The second kappa shape index (κ2) is 9.15. The van der Waals surface area contributed by atoms with E-state index in [2.05, 4.69) is 27.0 Å². The summed E-state index contributed by atoms with van der Waals surface area (Å²) >= 11 is 6.07. The van der Waals surface area contributed by atoms with Crippen LogP contribution < -0.4 is 4.74 Å². The van der Waals surface area contributed by atoms with Gasteiger partial charge in [0.1, 0.15) is 18.1 Å². The third-order valence-electron chi connectivity index (χ3n) is 5.83. The van der Waals surface area contributed by atoms with Crippen molar-refractivity contribution in [3.63, 3.8) is 0 Å². The topological polar surface area (TPSA) is 61.9 Å². The Hall–Kier alpha value is -3.90. The Morgan fingerprint density at radius 1 is 1.03 bits per heavy atom. The molecular weight excluding hydrogens is 448 g/mol. The zero-order valence-corrected chi connectivity index (χ0v) is 19.7. The average Bonchev–Trinajstić information content (AvgIpc) is 3.41. The molecule has 170 valence electrons. The van der Waals surface area contributed by atoms with Crippen LogP contribution in [-0.2, 0) is 13.2 Å². The summed E-state index contributed by atoms with van der Waals surface area (Å²) in [6.45, 7) is 4.55. The highest BCUT2D eigenvalue weighted by molar-refractivity contribution is 6.30. The Morgan fingerprint density at radius 2 is 1.85 bits per heavy atom. The van der Waals surface area contributed by atoms with Crippen molar-refractivity contribution in [2.45, 2.75) is 27.0 Å². The summed E-state index contributed by atoms with van der Waals surface area (Å²) in [4.78, 5) is 12.5. The highest BCUT2D eigenvalue weighted by Gasteiger charge is 2.18. The molecule has 0 unspecified atom stereocenters. The van der Waals surface area contributed by atoms with Gasteiger partial charge in [-0.25, -0.2) is 4.68 Å². The van der Waals surface area contributed by atoms with Crippen molar-refractivity contribution in [2.24, 2.45) is 0 Å². The average molecular weight is 471 g/mol. The summed E-state index contributed by atoms with van der Waals surface area (Å²) < 4.78 is 9.86. The minimum absolute atomic E-state index is 0.0379. The molecule has 5 rings (SSSR count). The van der Waals surface area contributed by atoms with Crippen LogP contribution in [0.4, 0.5) is 0 Å². The molecule has 0 aliphatic rings. The van der Waals surface area contributed by atoms with Gasteiger partial charge in [-0.1, -0.05) is 53.2 Å². The zero-order valence-electron chi connectivity index (χ0n) is 18.9. The minimum atomic E-state index is 0.0379. The summed E-state index contributed by atoms with van der Waals surface area (Å²) in [5.41, 5.74) is 5.38. The summed E-state index contributed by atoms with van der Waals surface area (Å²) in [5, 5.41) is 9.88. The van der Waals surface area contributed by atoms with E-state index < -0.39 is 0 Å². The van der Waals surface area contributed by atoms with Crippen LogP contribution in [0.25, 0.3) is 16.6 Å². The Bertz CT molecular complexity index is 1490. The SMILES string of the molecule is CC(=O)c1c(C)n(Cc2ccccc2)c2ccc(OCc3cn(-c4cccc(Cl)c4)nn3)cc12. The molecule has 6 nitrogen and oxygen atoms in total. The van der Waals surface area contributed by atoms with E-state index in [4.69, 9.17) is 16.3 Å². The first-order valence-electron chi connectivity index (χ1n) is 11.0. The van der Waals surface area contributed by atoms with Crippen LogP contribution in [0, 0.1) is 6.92 Å². The molecule has 0 N–H and O–H groups in total. The Labute approximate surface area is 202 Å². The number of ketones is 1. The Morgan fingerprint density at radius 3 is 2.62 bits per heavy atom. The Balaban J connectivity index is 1.41. The molecule has 0 saturated carbocycles. The number of Topliss-reactive ketones (excluding diaryl/α,β-unsaturated/α-hetero) is 1. The normalized spacial score (nSPS) is 11.1. The van der Waals surface area contributed by atoms with Gasteiger partial charge in [-0.3, -0.25) is 4.79 Å². The van der Waals surface area contributed by atoms with E-state index in [1.807, 2.05) is 73.8 Å². The molecule has 2 heterocycles. The number of fused-ring (bicyclic) bond motifs is 1. The maximum atomic E-state index is 12.5. The maximum Gasteiger partial charge on any atom is 0.162 e.